The highest BCUT2D eigenvalue weighted by Gasteiger charge is 2.01. The van der Waals surface area contributed by atoms with Gasteiger partial charge in [0.15, 0.2) is 0 Å². The number of anilines is 1. The van der Waals surface area contributed by atoms with Crippen molar-refractivity contribution in [2.75, 3.05) is 18.0 Å². The molecule has 0 amide bonds. The highest BCUT2D eigenvalue weighted by molar-refractivity contribution is 5.47. The molecule has 19 heavy (non-hydrogen) atoms. The van der Waals surface area contributed by atoms with Crippen molar-refractivity contribution in [1.29, 1.82) is 0 Å². The van der Waals surface area contributed by atoms with Crippen LogP contribution in [-0.4, -0.2) is 18.2 Å². The Morgan fingerprint density at radius 3 is 2.37 bits per heavy atom. The number of aromatic nitrogens is 1. The quantitative estimate of drug-likeness (QED) is 0.830. The van der Waals surface area contributed by atoms with Gasteiger partial charge in [-0.1, -0.05) is 17.3 Å². The summed E-state index contributed by atoms with van der Waals surface area (Å²) in [6, 6.07) is 10.6. The molecule has 4 nitrogen and oxygen atoms in total. The van der Waals surface area contributed by atoms with E-state index < -0.39 is 0 Å². The van der Waals surface area contributed by atoms with Gasteiger partial charge in [-0.05, 0) is 31.5 Å². The van der Waals surface area contributed by atoms with Crippen LogP contribution in [0.4, 0.5) is 5.69 Å². The van der Waals surface area contributed by atoms with E-state index in [9.17, 15) is 0 Å². The molecule has 0 unspecified atom stereocenters. The average Bonchev–Trinajstić information content (AvgIpc) is 2.95. The van der Waals surface area contributed by atoms with Gasteiger partial charge in [0.2, 0.25) is 0 Å². The zero-order chi connectivity index (χ0) is 13.5. The van der Waals surface area contributed by atoms with Crippen molar-refractivity contribution in [3.8, 4) is 0 Å². The van der Waals surface area contributed by atoms with E-state index in [0.29, 0.717) is 6.54 Å². The first kappa shape index (κ1) is 13.6. The minimum atomic E-state index is 0.706. The zero-order valence-electron chi connectivity index (χ0n) is 11.6. The molecular formula is C15H21N3O. The van der Waals surface area contributed by atoms with Crippen molar-refractivity contribution in [3.05, 3.63) is 47.9 Å². The Bertz CT molecular complexity index is 461. The Morgan fingerprint density at radius 1 is 1.05 bits per heavy atom. The first-order valence-electron chi connectivity index (χ1n) is 6.77. The Kier molecular flexibility index (Phi) is 4.98. The van der Waals surface area contributed by atoms with E-state index in [1.54, 1.807) is 6.20 Å². The largest absolute Gasteiger partial charge is 0.372 e. The molecule has 0 bridgehead atoms. The number of rotatable bonds is 7. The topological polar surface area (TPSA) is 41.3 Å². The molecule has 1 aromatic carbocycles. The zero-order valence-corrected chi connectivity index (χ0v) is 11.6. The predicted molar refractivity (Wildman–Crippen MR) is 77.0 cm³/mol. The lowest BCUT2D eigenvalue weighted by molar-refractivity contribution is 0.373. The second kappa shape index (κ2) is 6.95. The molecule has 1 aromatic heterocycles. The Balaban J connectivity index is 1.84. The maximum absolute atomic E-state index is 5.03. The van der Waals surface area contributed by atoms with Crippen molar-refractivity contribution >= 4 is 5.69 Å². The molecule has 4 heteroatoms. The molecule has 0 aliphatic heterocycles. The van der Waals surface area contributed by atoms with E-state index in [4.69, 9.17) is 4.52 Å². The fraction of sp³-hybridized carbons (Fsp3) is 0.400. The lowest BCUT2D eigenvalue weighted by Crippen LogP contribution is -2.21. The second-order valence-corrected chi connectivity index (χ2v) is 4.42. The van der Waals surface area contributed by atoms with E-state index in [2.05, 4.69) is 53.5 Å². The van der Waals surface area contributed by atoms with Crippen LogP contribution in [0.1, 0.15) is 25.2 Å². The summed E-state index contributed by atoms with van der Waals surface area (Å²) in [6.45, 7) is 7.98. The standard InChI is InChI=1S/C15H21N3O/c1-3-18(4-2)14-7-5-13(6-8-14)11-16-12-15-9-10-17-19-15/h5-10,16H,3-4,11-12H2,1-2H3. The predicted octanol–water partition coefficient (Wildman–Crippen LogP) is 2.81. The molecule has 2 aromatic rings. The van der Waals surface area contributed by atoms with Gasteiger partial charge < -0.3 is 14.7 Å². The number of benzene rings is 1. The minimum Gasteiger partial charge on any atom is -0.372 e. The van der Waals surface area contributed by atoms with Crippen LogP contribution in [0.25, 0.3) is 0 Å². The van der Waals surface area contributed by atoms with Crippen molar-refractivity contribution < 1.29 is 4.52 Å². The molecule has 0 radical (unpaired) electrons. The van der Waals surface area contributed by atoms with Gasteiger partial charge in [-0.25, -0.2) is 0 Å². The van der Waals surface area contributed by atoms with Crippen molar-refractivity contribution in [2.24, 2.45) is 0 Å². The number of nitrogens with zero attached hydrogens (tertiary/aromatic N) is 2. The van der Waals surface area contributed by atoms with Gasteiger partial charge in [0, 0.05) is 31.4 Å². The smallest absolute Gasteiger partial charge is 0.150 e. The fourth-order valence-electron chi connectivity index (χ4n) is 2.08. The van der Waals surface area contributed by atoms with Crippen molar-refractivity contribution in [1.82, 2.24) is 10.5 Å². The molecule has 0 aliphatic rings. The highest BCUT2D eigenvalue weighted by atomic mass is 16.5. The lowest BCUT2D eigenvalue weighted by Gasteiger charge is -2.21. The Labute approximate surface area is 114 Å². The monoisotopic (exact) mass is 259 g/mol. The van der Waals surface area contributed by atoms with Gasteiger partial charge in [0.1, 0.15) is 5.76 Å². The van der Waals surface area contributed by atoms with Crippen LogP contribution in [0.15, 0.2) is 41.1 Å². The summed E-state index contributed by atoms with van der Waals surface area (Å²) >= 11 is 0. The van der Waals surface area contributed by atoms with E-state index >= 15 is 0 Å². The first-order valence-corrected chi connectivity index (χ1v) is 6.77. The molecule has 2 rings (SSSR count). The molecule has 0 atom stereocenters. The van der Waals surface area contributed by atoms with Crippen LogP contribution < -0.4 is 10.2 Å². The molecule has 1 heterocycles. The third-order valence-corrected chi connectivity index (χ3v) is 3.18. The highest BCUT2D eigenvalue weighted by Crippen LogP contribution is 2.14. The third-order valence-electron chi connectivity index (χ3n) is 3.18. The van der Waals surface area contributed by atoms with Gasteiger partial charge in [-0.3, -0.25) is 0 Å². The molecule has 1 N–H and O–H groups in total. The molecule has 0 fully saturated rings. The average molecular weight is 259 g/mol. The summed E-state index contributed by atoms with van der Waals surface area (Å²) in [5, 5.41) is 7.01. The summed E-state index contributed by atoms with van der Waals surface area (Å²) in [5.74, 6) is 0.861. The minimum absolute atomic E-state index is 0.706. The van der Waals surface area contributed by atoms with Crippen LogP contribution in [0.3, 0.4) is 0 Å². The molecule has 0 spiro atoms. The van der Waals surface area contributed by atoms with Gasteiger partial charge in [-0.15, -0.1) is 0 Å². The van der Waals surface area contributed by atoms with Gasteiger partial charge in [0.05, 0.1) is 12.7 Å². The van der Waals surface area contributed by atoms with E-state index in [-0.39, 0.29) is 0 Å². The summed E-state index contributed by atoms with van der Waals surface area (Å²) in [4.78, 5) is 2.34. The van der Waals surface area contributed by atoms with Crippen LogP contribution in [0, 0.1) is 0 Å². The van der Waals surface area contributed by atoms with E-state index in [1.165, 1.54) is 11.3 Å². The number of hydrogen-bond acceptors (Lipinski definition) is 4. The Hall–Kier alpha value is -1.81. The molecular weight excluding hydrogens is 238 g/mol. The lowest BCUT2D eigenvalue weighted by atomic mass is 10.2. The molecule has 0 saturated carbocycles. The van der Waals surface area contributed by atoms with Crippen LogP contribution in [0.2, 0.25) is 0 Å². The summed E-state index contributed by atoms with van der Waals surface area (Å²) < 4.78 is 5.03. The first-order chi connectivity index (χ1) is 9.33. The van der Waals surface area contributed by atoms with Crippen LogP contribution in [0.5, 0.6) is 0 Å². The number of hydrogen-bond donors (Lipinski definition) is 1. The van der Waals surface area contributed by atoms with Gasteiger partial charge in [-0.2, -0.15) is 0 Å². The van der Waals surface area contributed by atoms with Crippen molar-refractivity contribution in [2.45, 2.75) is 26.9 Å². The molecule has 0 saturated heterocycles. The van der Waals surface area contributed by atoms with Gasteiger partial charge >= 0.3 is 0 Å². The maximum atomic E-state index is 5.03. The fourth-order valence-corrected chi connectivity index (χ4v) is 2.08. The molecule has 0 aliphatic carbocycles. The van der Waals surface area contributed by atoms with E-state index in [1.807, 2.05) is 6.07 Å². The molecule has 102 valence electrons. The maximum Gasteiger partial charge on any atom is 0.150 e. The van der Waals surface area contributed by atoms with Gasteiger partial charge in [0.25, 0.3) is 0 Å². The Morgan fingerprint density at radius 2 is 1.79 bits per heavy atom. The van der Waals surface area contributed by atoms with Crippen LogP contribution >= 0.6 is 0 Å². The summed E-state index contributed by atoms with van der Waals surface area (Å²) in [5.41, 5.74) is 2.56. The third kappa shape index (κ3) is 3.83. The SMILES string of the molecule is CCN(CC)c1ccc(CNCc2ccno2)cc1. The number of nitrogens with one attached hydrogen (secondary N) is 1. The van der Waals surface area contributed by atoms with Crippen molar-refractivity contribution in [3.63, 3.8) is 0 Å². The van der Waals surface area contributed by atoms with Crippen LogP contribution in [-0.2, 0) is 13.1 Å². The van der Waals surface area contributed by atoms with E-state index in [0.717, 1.165) is 25.4 Å². The second-order valence-electron chi connectivity index (χ2n) is 4.42. The normalized spacial score (nSPS) is 10.6. The summed E-state index contributed by atoms with van der Waals surface area (Å²) in [7, 11) is 0. The summed E-state index contributed by atoms with van der Waals surface area (Å²) in [6.07, 6.45) is 1.66.